The summed E-state index contributed by atoms with van der Waals surface area (Å²) in [5.74, 6) is -1.83. The fraction of sp³-hybridized carbons (Fsp3) is 0.523. The Morgan fingerprint density at radius 2 is 1.25 bits per heavy atom. The highest BCUT2D eigenvalue weighted by molar-refractivity contribution is 14.1. The van der Waals surface area contributed by atoms with Gasteiger partial charge < -0.3 is 53.4 Å². The summed E-state index contributed by atoms with van der Waals surface area (Å²) in [7, 11) is 0. The molecule has 7 heterocycles. The number of morpholine rings is 1. The van der Waals surface area contributed by atoms with Gasteiger partial charge in [0.1, 0.15) is 36.6 Å². The molecule has 5 fully saturated rings. The third-order valence-electron chi connectivity index (χ3n) is 10.4. The van der Waals surface area contributed by atoms with Gasteiger partial charge in [0, 0.05) is 49.3 Å². The van der Waals surface area contributed by atoms with Gasteiger partial charge in [0.2, 0.25) is 0 Å². The van der Waals surface area contributed by atoms with E-state index in [9.17, 15) is 20.1 Å². The molecule has 2 aromatic heterocycles. The van der Waals surface area contributed by atoms with Crippen molar-refractivity contribution in [3.05, 3.63) is 109 Å². The van der Waals surface area contributed by atoms with Crippen LogP contribution in [0.4, 0.5) is 0 Å². The maximum absolute atomic E-state index is 12.3. The highest BCUT2D eigenvalue weighted by atomic mass is 127. The summed E-state index contributed by atoms with van der Waals surface area (Å²) in [4.78, 5) is 16.2. The minimum absolute atomic E-state index is 0.227. The zero-order chi connectivity index (χ0) is 45.8. The predicted molar refractivity (Wildman–Crippen MR) is 253 cm³/mol. The number of thiophene rings is 2. The van der Waals surface area contributed by atoms with Gasteiger partial charge in [-0.3, -0.25) is 4.79 Å². The van der Waals surface area contributed by atoms with Crippen LogP contribution in [-0.2, 0) is 50.8 Å². The van der Waals surface area contributed by atoms with Crippen molar-refractivity contribution < 1.29 is 53.3 Å². The molecule has 3 N–H and O–H groups in total. The molecular weight excluding hydrogens is 1050 g/mol. The first kappa shape index (κ1) is 51.2. The third kappa shape index (κ3) is 13.1. The normalized spacial score (nSPS) is 28.1. The summed E-state index contributed by atoms with van der Waals surface area (Å²) >= 11 is 29.7. The van der Waals surface area contributed by atoms with Crippen molar-refractivity contribution in [1.82, 2.24) is 4.90 Å². The highest BCUT2D eigenvalue weighted by Gasteiger charge is 2.57. The smallest absolute Gasteiger partial charge is 0.254 e. The van der Waals surface area contributed by atoms with Gasteiger partial charge in [0.15, 0.2) is 30.3 Å². The van der Waals surface area contributed by atoms with Crippen molar-refractivity contribution in [2.75, 3.05) is 26.3 Å². The van der Waals surface area contributed by atoms with Gasteiger partial charge in [0.05, 0.1) is 21.9 Å². The molecule has 0 aliphatic carbocycles. The van der Waals surface area contributed by atoms with E-state index < -0.39 is 66.9 Å². The molecule has 0 spiro atoms. The number of nitrogens with zero attached hydrogens (tertiary/aromatic N) is 1. The molecule has 12 nitrogen and oxygen atoms in total. The largest absolute Gasteiger partial charge is 0.387 e. The van der Waals surface area contributed by atoms with Gasteiger partial charge in [0.25, 0.3) is 5.91 Å². The van der Waals surface area contributed by atoms with Crippen LogP contribution in [0.15, 0.2) is 60.7 Å². The lowest BCUT2D eigenvalue weighted by molar-refractivity contribution is -0.226. The number of rotatable bonds is 7. The summed E-state index contributed by atoms with van der Waals surface area (Å²) in [5.41, 5.74) is 2.63. The number of halogens is 5. The molecule has 346 valence electrons. The van der Waals surface area contributed by atoms with E-state index in [0.717, 1.165) is 31.8 Å². The van der Waals surface area contributed by atoms with Crippen molar-refractivity contribution in [2.45, 2.75) is 121 Å². The number of amides is 1. The maximum Gasteiger partial charge on any atom is 0.254 e. The average Bonchev–Trinajstić information content (AvgIpc) is 4.10. The molecule has 1 unspecified atom stereocenters. The van der Waals surface area contributed by atoms with Crippen LogP contribution >= 0.6 is 91.7 Å². The lowest BCUT2D eigenvalue weighted by atomic mass is 9.97. The van der Waals surface area contributed by atoms with E-state index in [1.807, 2.05) is 56.3 Å². The van der Waals surface area contributed by atoms with Crippen molar-refractivity contribution in [3.63, 3.8) is 0 Å². The number of fused-ring (bicyclic) bond motifs is 2. The molecule has 9 atom stereocenters. The number of benzene rings is 2. The first-order valence-electron chi connectivity index (χ1n) is 20.5. The SMILES string of the molecule is CC.CC1(C)O[C@@H]2O[C@@H](C(=O)N3CCOCC3)[C@@H](O)[C@@H]2O1.CC1(C)O[C@@H]2O[C@@H](C(O)c3ccc(Cl)c(Cc4ccc(Cl)s4)c3)[C@@H](O)[C@@H]2O1.Clc1ccc(Cc2cc(I)ccc2Cl)s1. The number of carbonyl (C=O) groups excluding carboxylic acids is 1. The summed E-state index contributed by atoms with van der Waals surface area (Å²) < 4.78 is 41.6. The number of aliphatic hydroxyl groups is 3. The van der Waals surface area contributed by atoms with E-state index in [2.05, 4.69) is 28.7 Å². The van der Waals surface area contributed by atoms with Gasteiger partial charge in [-0.25, -0.2) is 0 Å². The molecule has 0 bridgehead atoms. The van der Waals surface area contributed by atoms with Crippen LogP contribution in [0.5, 0.6) is 0 Å². The van der Waals surface area contributed by atoms with Crippen LogP contribution in [0.25, 0.3) is 0 Å². The molecule has 5 aliphatic rings. The summed E-state index contributed by atoms with van der Waals surface area (Å²) in [5, 5.41) is 33.0. The lowest BCUT2D eigenvalue weighted by Crippen LogP contribution is -2.50. The van der Waals surface area contributed by atoms with Crippen molar-refractivity contribution in [3.8, 4) is 0 Å². The van der Waals surface area contributed by atoms with Crippen molar-refractivity contribution >= 4 is 97.6 Å². The van der Waals surface area contributed by atoms with E-state index in [0.29, 0.717) is 47.6 Å². The zero-order valence-corrected chi connectivity index (χ0v) is 42.3. The van der Waals surface area contributed by atoms with Gasteiger partial charge >= 0.3 is 0 Å². The molecule has 19 heteroatoms. The monoisotopic (exact) mass is 1100 g/mol. The molecule has 9 rings (SSSR count). The number of aliphatic hydroxyl groups excluding tert-OH is 3. The standard InChI is InChI=1S/C19H20Cl2O5S.C12H19NO6.C11H7Cl2IS.C2H6/c1-19(2)25-17-15(23)16(24-18(17)26-19)14(22)9-3-5-12(20)10(7-9)8-11-4-6-13(21)27-11;1-12(2)18-9-7(14)8(17-11(9)19-12)10(15)13-3-5-16-6-4-13;12-10-3-1-8(14)5-7(10)6-9-2-4-11(13)15-9;1-2/h3-7,14-18,22-23H,8H2,1-2H3;7-9,11,14H,3-6H2,1-2H3;1-5H,6H2;1-2H3/t14?,15-,16+,17+,18+;7-,8-,9+,11+;;/m11../s1. The second-order valence-corrected chi connectivity index (χ2v) is 21.5. The molecule has 63 heavy (non-hydrogen) atoms. The van der Waals surface area contributed by atoms with Gasteiger partial charge in [-0.05, 0) is 116 Å². The van der Waals surface area contributed by atoms with E-state index in [-0.39, 0.29) is 5.91 Å². The molecule has 4 aromatic rings. The maximum atomic E-state index is 12.3. The Balaban J connectivity index is 0.000000161. The number of hydrogen-bond acceptors (Lipinski definition) is 13. The first-order valence-corrected chi connectivity index (χ1v) is 24.7. The van der Waals surface area contributed by atoms with E-state index in [4.69, 9.17) is 79.6 Å². The zero-order valence-electron chi connectivity index (χ0n) is 35.5. The van der Waals surface area contributed by atoms with Crippen molar-refractivity contribution in [1.29, 1.82) is 0 Å². The van der Waals surface area contributed by atoms with E-state index in [1.54, 1.807) is 56.1 Å². The Morgan fingerprint density at radius 3 is 1.76 bits per heavy atom. The first-order chi connectivity index (χ1) is 29.9. The highest BCUT2D eigenvalue weighted by Crippen LogP contribution is 2.42. The Hall–Kier alpha value is -1.20. The quantitative estimate of drug-likeness (QED) is 0.152. The third-order valence-corrected chi connectivity index (χ3v) is 14.2. The van der Waals surface area contributed by atoms with Crippen LogP contribution in [0.2, 0.25) is 18.7 Å². The Labute approximate surface area is 409 Å². The summed E-state index contributed by atoms with van der Waals surface area (Å²) in [6.45, 7) is 13.1. The van der Waals surface area contributed by atoms with Gasteiger partial charge in [-0.2, -0.15) is 0 Å². The molecule has 1 amide bonds. The van der Waals surface area contributed by atoms with Crippen LogP contribution in [0.1, 0.15) is 74.1 Å². The summed E-state index contributed by atoms with van der Waals surface area (Å²) in [6.07, 6.45) is -5.94. The minimum Gasteiger partial charge on any atom is -0.387 e. The Kier molecular flexibility index (Phi) is 18.1. The molecular formula is C44H52Cl4INO11S2. The summed E-state index contributed by atoms with van der Waals surface area (Å²) in [6, 6.07) is 19.1. The van der Waals surface area contributed by atoms with Crippen molar-refractivity contribution in [2.24, 2.45) is 0 Å². The predicted octanol–water partition coefficient (Wildman–Crippen LogP) is 9.28. The molecule has 0 radical (unpaired) electrons. The van der Waals surface area contributed by atoms with Gasteiger partial charge in [-0.1, -0.05) is 72.4 Å². The van der Waals surface area contributed by atoms with Crippen LogP contribution in [0, 0.1) is 3.57 Å². The molecule has 2 aromatic carbocycles. The van der Waals surface area contributed by atoms with Gasteiger partial charge in [-0.15, -0.1) is 22.7 Å². The van der Waals surface area contributed by atoms with E-state index >= 15 is 0 Å². The van der Waals surface area contributed by atoms with Crippen LogP contribution in [0.3, 0.4) is 0 Å². The van der Waals surface area contributed by atoms with E-state index in [1.165, 1.54) is 19.8 Å². The molecule has 0 saturated carbocycles. The van der Waals surface area contributed by atoms with Crippen LogP contribution in [-0.4, -0.2) is 113 Å². The fourth-order valence-corrected chi connectivity index (χ4v) is 10.6. The molecule has 5 aliphatic heterocycles. The minimum atomic E-state index is -1.04. The number of carbonyl (C=O) groups is 1. The lowest BCUT2D eigenvalue weighted by Gasteiger charge is -2.30. The van der Waals surface area contributed by atoms with Crippen LogP contribution < -0.4 is 0 Å². The Morgan fingerprint density at radius 1 is 0.746 bits per heavy atom. The second-order valence-electron chi connectivity index (χ2n) is 15.8. The Bertz CT molecular complexity index is 2150. The topological polar surface area (TPSA) is 146 Å². The number of hydrogen-bond donors (Lipinski definition) is 3. The molecule has 5 saturated heterocycles. The number of ether oxygens (including phenoxy) is 7. The fourth-order valence-electron chi connectivity index (χ4n) is 7.49. The average molecular weight is 1100 g/mol. The second kappa shape index (κ2) is 22.3.